The number of hydrogen-bond acceptors (Lipinski definition) is 6. The van der Waals surface area contributed by atoms with Crippen molar-refractivity contribution in [2.24, 2.45) is 5.92 Å². The molecule has 1 atom stereocenters. The summed E-state index contributed by atoms with van der Waals surface area (Å²) >= 11 is 6.15. The summed E-state index contributed by atoms with van der Waals surface area (Å²) in [5.74, 6) is -0.473. The third-order valence-corrected chi connectivity index (χ3v) is 7.46. The lowest BCUT2D eigenvalue weighted by molar-refractivity contribution is -0.119. The summed E-state index contributed by atoms with van der Waals surface area (Å²) in [6.07, 6.45) is 1.73. The summed E-state index contributed by atoms with van der Waals surface area (Å²) < 4.78 is 37.6. The van der Waals surface area contributed by atoms with Crippen LogP contribution in [0.2, 0.25) is 5.02 Å². The Labute approximate surface area is 192 Å². The largest absolute Gasteiger partial charge is 0.497 e. The molecule has 1 aliphatic heterocycles. The molecule has 1 aliphatic rings. The van der Waals surface area contributed by atoms with Gasteiger partial charge in [-0.25, -0.2) is 13.2 Å². The molecule has 0 radical (unpaired) electrons. The lowest BCUT2D eigenvalue weighted by atomic mass is 10.0. The molecular weight excluding hydrogens is 456 g/mol. The molecule has 172 valence electrons. The molecule has 1 unspecified atom stereocenters. The van der Waals surface area contributed by atoms with E-state index >= 15 is 0 Å². The van der Waals surface area contributed by atoms with Crippen LogP contribution in [0.25, 0.3) is 0 Å². The van der Waals surface area contributed by atoms with Gasteiger partial charge in [0.15, 0.2) is 6.61 Å². The van der Waals surface area contributed by atoms with Gasteiger partial charge in [0.1, 0.15) is 10.6 Å². The van der Waals surface area contributed by atoms with Gasteiger partial charge in [0.2, 0.25) is 10.0 Å². The van der Waals surface area contributed by atoms with E-state index in [0.717, 1.165) is 12.8 Å². The molecule has 32 heavy (non-hydrogen) atoms. The number of methoxy groups -OCH3 is 1. The number of hydrogen-bond donors (Lipinski definition) is 1. The molecule has 10 heteroatoms. The number of amides is 1. The van der Waals surface area contributed by atoms with Crippen molar-refractivity contribution in [1.29, 1.82) is 0 Å². The van der Waals surface area contributed by atoms with Crippen LogP contribution < -0.4 is 10.1 Å². The van der Waals surface area contributed by atoms with Gasteiger partial charge in [-0.3, -0.25) is 4.79 Å². The topological polar surface area (TPSA) is 102 Å². The van der Waals surface area contributed by atoms with Gasteiger partial charge in [-0.1, -0.05) is 18.5 Å². The van der Waals surface area contributed by atoms with Gasteiger partial charge in [-0.15, -0.1) is 0 Å². The van der Waals surface area contributed by atoms with Crippen LogP contribution in [0, 0.1) is 5.92 Å². The van der Waals surface area contributed by atoms with Crippen LogP contribution in [-0.4, -0.2) is 51.4 Å². The lowest BCUT2D eigenvalue weighted by Crippen LogP contribution is -2.39. The number of carbonyl (C=O) groups excluding carboxylic acids is 2. The Hall–Kier alpha value is -2.62. The zero-order valence-electron chi connectivity index (χ0n) is 17.8. The molecule has 1 N–H and O–H groups in total. The first-order chi connectivity index (χ1) is 15.2. The number of sulfonamides is 1. The van der Waals surface area contributed by atoms with E-state index in [1.165, 1.54) is 29.6 Å². The van der Waals surface area contributed by atoms with Gasteiger partial charge >= 0.3 is 5.97 Å². The monoisotopic (exact) mass is 480 g/mol. The van der Waals surface area contributed by atoms with Gasteiger partial charge in [0, 0.05) is 18.8 Å². The predicted octanol–water partition coefficient (Wildman–Crippen LogP) is 3.56. The van der Waals surface area contributed by atoms with Crippen molar-refractivity contribution in [2.75, 3.05) is 32.1 Å². The van der Waals surface area contributed by atoms with Crippen molar-refractivity contribution in [3.05, 3.63) is 53.1 Å². The Morgan fingerprint density at radius 2 is 1.91 bits per heavy atom. The third kappa shape index (κ3) is 5.79. The number of esters is 1. The maximum atomic E-state index is 13.1. The van der Waals surface area contributed by atoms with Crippen molar-refractivity contribution >= 4 is 39.2 Å². The number of rotatable bonds is 7. The van der Waals surface area contributed by atoms with Crippen LogP contribution in [0.15, 0.2) is 47.4 Å². The lowest BCUT2D eigenvalue weighted by Gasteiger charge is -2.30. The number of halogens is 1. The molecule has 0 aliphatic carbocycles. The number of anilines is 1. The summed E-state index contributed by atoms with van der Waals surface area (Å²) in [4.78, 5) is 24.4. The van der Waals surface area contributed by atoms with Crippen molar-refractivity contribution < 1.29 is 27.5 Å². The van der Waals surface area contributed by atoms with Gasteiger partial charge in [-0.2, -0.15) is 4.31 Å². The van der Waals surface area contributed by atoms with Crippen molar-refractivity contribution in [3.63, 3.8) is 0 Å². The molecule has 8 nitrogen and oxygen atoms in total. The summed E-state index contributed by atoms with van der Waals surface area (Å²) in [5.41, 5.74) is 0.512. The number of nitrogens with zero attached hydrogens (tertiary/aromatic N) is 1. The van der Waals surface area contributed by atoms with Crippen LogP contribution in [0.3, 0.4) is 0 Å². The first-order valence-electron chi connectivity index (χ1n) is 10.1. The van der Waals surface area contributed by atoms with Gasteiger partial charge in [0.05, 0.1) is 17.7 Å². The molecule has 3 rings (SSSR count). The van der Waals surface area contributed by atoms with Crippen LogP contribution in [0.4, 0.5) is 5.69 Å². The molecule has 1 heterocycles. The second-order valence-corrected chi connectivity index (χ2v) is 9.92. The van der Waals surface area contributed by atoms with E-state index in [2.05, 4.69) is 5.32 Å². The number of benzene rings is 2. The average Bonchev–Trinajstić information content (AvgIpc) is 2.78. The normalized spacial score (nSPS) is 16.9. The smallest absolute Gasteiger partial charge is 0.338 e. The summed E-state index contributed by atoms with van der Waals surface area (Å²) in [5, 5.41) is 2.62. The van der Waals surface area contributed by atoms with E-state index < -0.39 is 28.5 Å². The zero-order chi connectivity index (χ0) is 23.3. The highest BCUT2D eigenvalue weighted by atomic mass is 35.5. The predicted molar refractivity (Wildman–Crippen MR) is 121 cm³/mol. The fourth-order valence-corrected chi connectivity index (χ4v) is 5.52. The second-order valence-electron chi connectivity index (χ2n) is 7.61. The zero-order valence-corrected chi connectivity index (χ0v) is 19.4. The van der Waals surface area contributed by atoms with Crippen LogP contribution >= 0.6 is 11.6 Å². The Bertz CT molecular complexity index is 1090. The van der Waals surface area contributed by atoms with Crippen molar-refractivity contribution in [3.8, 4) is 5.75 Å². The first kappa shape index (κ1) is 24.0. The third-order valence-electron chi connectivity index (χ3n) is 5.11. The second kappa shape index (κ2) is 10.3. The number of carbonyl (C=O) groups is 2. The van der Waals surface area contributed by atoms with E-state index in [0.29, 0.717) is 24.5 Å². The highest BCUT2D eigenvalue weighted by Crippen LogP contribution is 2.29. The molecule has 0 spiro atoms. The maximum Gasteiger partial charge on any atom is 0.338 e. The van der Waals surface area contributed by atoms with Crippen LogP contribution in [0.1, 0.15) is 30.1 Å². The molecular formula is C22H25ClN2O6S. The first-order valence-corrected chi connectivity index (χ1v) is 11.9. The molecule has 2 aromatic carbocycles. The molecule has 0 saturated carbocycles. The van der Waals surface area contributed by atoms with Crippen molar-refractivity contribution in [2.45, 2.75) is 24.7 Å². The van der Waals surface area contributed by atoms with Crippen molar-refractivity contribution in [1.82, 2.24) is 4.31 Å². The summed E-state index contributed by atoms with van der Waals surface area (Å²) in [6, 6.07) is 10.6. The highest BCUT2D eigenvalue weighted by molar-refractivity contribution is 7.89. The fraction of sp³-hybridized carbons (Fsp3) is 0.364. The minimum absolute atomic E-state index is 0.00437. The number of nitrogens with one attached hydrogen (secondary N) is 1. The molecule has 0 bridgehead atoms. The number of ether oxygens (including phenoxy) is 2. The summed E-state index contributed by atoms with van der Waals surface area (Å²) in [6.45, 7) is 2.27. The maximum absolute atomic E-state index is 13.1. The average molecular weight is 481 g/mol. The van der Waals surface area contributed by atoms with Crippen LogP contribution in [0.5, 0.6) is 5.75 Å². The quantitative estimate of drug-likeness (QED) is 0.608. The molecule has 1 saturated heterocycles. The highest BCUT2D eigenvalue weighted by Gasteiger charge is 2.31. The van der Waals surface area contributed by atoms with Gasteiger partial charge in [-0.05, 0) is 61.2 Å². The minimum atomic E-state index is -3.86. The molecule has 1 fully saturated rings. The van der Waals surface area contributed by atoms with E-state index in [-0.39, 0.29) is 21.4 Å². The van der Waals surface area contributed by atoms with E-state index in [1.54, 1.807) is 24.3 Å². The standard InChI is InChI=1S/C22H25ClN2O6S/c1-15-4-3-11-25(13-15)32(28,29)20-12-16(5-10-19(20)23)22(27)31-14-21(26)24-17-6-8-18(30-2)9-7-17/h5-10,12,15H,3-4,11,13-14H2,1-2H3,(H,24,26). The Morgan fingerprint density at radius 1 is 1.19 bits per heavy atom. The minimum Gasteiger partial charge on any atom is -0.497 e. The Balaban J connectivity index is 1.66. The van der Waals surface area contributed by atoms with Crippen LogP contribution in [-0.2, 0) is 19.6 Å². The van der Waals surface area contributed by atoms with E-state index in [4.69, 9.17) is 21.1 Å². The Morgan fingerprint density at radius 3 is 2.56 bits per heavy atom. The summed E-state index contributed by atoms with van der Waals surface area (Å²) in [7, 11) is -2.32. The SMILES string of the molecule is COc1ccc(NC(=O)COC(=O)c2ccc(Cl)c(S(=O)(=O)N3CCCC(C)C3)c2)cc1. The number of piperidine rings is 1. The molecule has 0 aromatic heterocycles. The van der Waals surface area contributed by atoms with E-state index in [1.807, 2.05) is 6.92 Å². The molecule has 2 aromatic rings. The molecule has 1 amide bonds. The van der Waals surface area contributed by atoms with E-state index in [9.17, 15) is 18.0 Å². The Kier molecular flexibility index (Phi) is 7.76. The van der Waals surface area contributed by atoms with Gasteiger partial charge < -0.3 is 14.8 Å². The fourth-order valence-electron chi connectivity index (χ4n) is 3.42. The van der Waals surface area contributed by atoms with Gasteiger partial charge in [0.25, 0.3) is 5.91 Å².